The van der Waals surface area contributed by atoms with Crippen molar-refractivity contribution in [2.24, 2.45) is 11.7 Å². The zero-order valence-corrected chi connectivity index (χ0v) is 8.97. The number of aliphatic hydroxyl groups is 1. The third kappa shape index (κ3) is 2.21. The molecule has 1 aromatic rings. The summed E-state index contributed by atoms with van der Waals surface area (Å²) in [5, 5.41) is 9.90. The van der Waals surface area contributed by atoms with Crippen LogP contribution in [0.25, 0.3) is 0 Å². The maximum absolute atomic E-state index is 9.90. The number of hydrogen-bond donors (Lipinski definition) is 2. The van der Waals surface area contributed by atoms with Crippen LogP contribution in [0.1, 0.15) is 30.7 Å². The maximum atomic E-state index is 9.90. The van der Waals surface area contributed by atoms with Gasteiger partial charge in [0.1, 0.15) is 0 Å². The molecule has 15 heavy (non-hydrogen) atoms. The monoisotopic (exact) mass is 205 g/mol. The number of nitrogens with two attached hydrogens (primary N) is 1. The highest BCUT2D eigenvalue weighted by Crippen LogP contribution is 2.36. The normalized spacial score (nSPS) is 27.9. The van der Waals surface area contributed by atoms with E-state index < -0.39 is 0 Å². The summed E-state index contributed by atoms with van der Waals surface area (Å²) < 4.78 is 0. The van der Waals surface area contributed by atoms with Gasteiger partial charge in [-0.1, -0.05) is 36.8 Å². The molecule has 1 aliphatic carbocycles. The third-order valence-electron chi connectivity index (χ3n) is 3.53. The van der Waals surface area contributed by atoms with Crippen molar-refractivity contribution in [2.45, 2.75) is 31.3 Å². The lowest BCUT2D eigenvalue weighted by molar-refractivity contribution is 0.118. The number of benzene rings is 1. The van der Waals surface area contributed by atoms with E-state index in [-0.39, 0.29) is 6.10 Å². The Morgan fingerprint density at radius 1 is 1.27 bits per heavy atom. The summed E-state index contributed by atoms with van der Waals surface area (Å²) in [7, 11) is 0. The molecule has 0 heterocycles. The van der Waals surface area contributed by atoms with Crippen LogP contribution >= 0.6 is 0 Å². The molecule has 0 amide bonds. The van der Waals surface area contributed by atoms with E-state index in [9.17, 15) is 5.11 Å². The second kappa shape index (κ2) is 4.77. The first-order valence-electron chi connectivity index (χ1n) is 5.76. The molecule has 1 aromatic carbocycles. The molecule has 0 aliphatic heterocycles. The number of aliphatic hydroxyl groups excluding tert-OH is 1. The molecular weight excluding hydrogens is 186 g/mol. The van der Waals surface area contributed by atoms with Crippen molar-refractivity contribution >= 4 is 0 Å². The maximum Gasteiger partial charge on any atom is 0.0574 e. The molecule has 2 nitrogen and oxygen atoms in total. The molecule has 1 saturated carbocycles. The van der Waals surface area contributed by atoms with Crippen LogP contribution in [0.4, 0.5) is 0 Å². The number of rotatable bonds is 3. The van der Waals surface area contributed by atoms with Crippen molar-refractivity contribution in [3.63, 3.8) is 0 Å². The second-order valence-electron chi connectivity index (χ2n) is 4.41. The Balaban J connectivity index is 2.17. The lowest BCUT2D eigenvalue weighted by Crippen LogP contribution is -2.27. The van der Waals surface area contributed by atoms with Crippen molar-refractivity contribution in [3.8, 4) is 0 Å². The van der Waals surface area contributed by atoms with E-state index in [1.165, 1.54) is 5.56 Å². The predicted octanol–water partition coefficient (Wildman–Crippen LogP) is 1.89. The quantitative estimate of drug-likeness (QED) is 0.791. The van der Waals surface area contributed by atoms with Crippen LogP contribution in [-0.4, -0.2) is 17.8 Å². The summed E-state index contributed by atoms with van der Waals surface area (Å²) in [6, 6.07) is 10.3. The topological polar surface area (TPSA) is 46.2 Å². The van der Waals surface area contributed by atoms with Gasteiger partial charge in [-0.3, -0.25) is 0 Å². The van der Waals surface area contributed by atoms with Crippen molar-refractivity contribution in [1.82, 2.24) is 0 Å². The van der Waals surface area contributed by atoms with Gasteiger partial charge < -0.3 is 10.8 Å². The summed E-state index contributed by atoms with van der Waals surface area (Å²) in [6.07, 6.45) is 3.03. The van der Waals surface area contributed by atoms with Crippen molar-refractivity contribution in [3.05, 3.63) is 35.9 Å². The standard InChI is InChI=1S/C13H19NO/c14-9-12(10-5-2-1-3-6-10)11-7-4-8-13(11)15/h1-3,5-6,11-13,15H,4,7-9,14H2. The van der Waals surface area contributed by atoms with E-state index in [0.29, 0.717) is 18.4 Å². The summed E-state index contributed by atoms with van der Waals surface area (Å²) in [5.74, 6) is 0.682. The lowest BCUT2D eigenvalue weighted by Gasteiger charge is -2.25. The van der Waals surface area contributed by atoms with Crippen LogP contribution < -0.4 is 5.73 Å². The molecule has 2 heteroatoms. The van der Waals surface area contributed by atoms with Crippen LogP contribution in [0.3, 0.4) is 0 Å². The van der Waals surface area contributed by atoms with Crippen molar-refractivity contribution < 1.29 is 5.11 Å². The van der Waals surface area contributed by atoms with E-state index in [2.05, 4.69) is 12.1 Å². The first kappa shape index (κ1) is 10.7. The van der Waals surface area contributed by atoms with Crippen LogP contribution in [0, 0.1) is 5.92 Å². The van der Waals surface area contributed by atoms with Gasteiger partial charge in [-0.15, -0.1) is 0 Å². The Morgan fingerprint density at radius 3 is 2.53 bits per heavy atom. The minimum atomic E-state index is -0.154. The second-order valence-corrected chi connectivity index (χ2v) is 4.41. The van der Waals surface area contributed by atoms with Crippen molar-refractivity contribution in [2.75, 3.05) is 6.54 Å². The SMILES string of the molecule is NCC(c1ccccc1)C1CCCC1O. The minimum Gasteiger partial charge on any atom is -0.393 e. The smallest absolute Gasteiger partial charge is 0.0574 e. The molecule has 0 radical (unpaired) electrons. The summed E-state index contributed by atoms with van der Waals surface area (Å²) in [6.45, 7) is 0.631. The minimum absolute atomic E-state index is 0.154. The Labute approximate surface area is 91.1 Å². The van der Waals surface area contributed by atoms with Gasteiger partial charge in [0, 0.05) is 5.92 Å². The largest absolute Gasteiger partial charge is 0.393 e. The molecule has 1 fully saturated rings. The van der Waals surface area contributed by atoms with Crippen LogP contribution in [0.15, 0.2) is 30.3 Å². The molecule has 0 saturated heterocycles. The molecule has 0 spiro atoms. The molecule has 82 valence electrons. The van der Waals surface area contributed by atoms with Crippen molar-refractivity contribution in [1.29, 1.82) is 0 Å². The highest BCUT2D eigenvalue weighted by atomic mass is 16.3. The molecule has 3 unspecified atom stereocenters. The summed E-state index contributed by atoms with van der Waals surface area (Å²) >= 11 is 0. The van der Waals surface area contributed by atoms with E-state index in [1.807, 2.05) is 18.2 Å². The van der Waals surface area contributed by atoms with Crippen LogP contribution in [0.5, 0.6) is 0 Å². The first-order chi connectivity index (χ1) is 7.33. The predicted molar refractivity (Wildman–Crippen MR) is 61.6 cm³/mol. The van der Waals surface area contributed by atoms with Gasteiger partial charge in [0.05, 0.1) is 6.10 Å². The van der Waals surface area contributed by atoms with Gasteiger partial charge >= 0.3 is 0 Å². The first-order valence-corrected chi connectivity index (χ1v) is 5.76. The Hall–Kier alpha value is -0.860. The van der Waals surface area contributed by atoms with Crippen LogP contribution in [0.2, 0.25) is 0 Å². The van der Waals surface area contributed by atoms with E-state index in [1.54, 1.807) is 0 Å². The Bertz CT molecular complexity index is 299. The molecule has 3 atom stereocenters. The molecular formula is C13H19NO. The summed E-state index contributed by atoms with van der Waals surface area (Å²) in [5.41, 5.74) is 7.11. The van der Waals surface area contributed by atoms with E-state index in [4.69, 9.17) is 5.73 Å². The van der Waals surface area contributed by atoms with E-state index >= 15 is 0 Å². The molecule has 2 rings (SSSR count). The Morgan fingerprint density at radius 2 is 2.00 bits per heavy atom. The fourth-order valence-electron chi connectivity index (χ4n) is 2.70. The number of hydrogen-bond acceptors (Lipinski definition) is 2. The van der Waals surface area contributed by atoms with Gasteiger partial charge in [0.15, 0.2) is 0 Å². The molecule has 0 aromatic heterocycles. The molecule has 1 aliphatic rings. The van der Waals surface area contributed by atoms with Crippen LogP contribution in [-0.2, 0) is 0 Å². The van der Waals surface area contributed by atoms with E-state index in [0.717, 1.165) is 19.3 Å². The highest BCUT2D eigenvalue weighted by molar-refractivity contribution is 5.21. The van der Waals surface area contributed by atoms with Gasteiger partial charge in [-0.2, -0.15) is 0 Å². The fraction of sp³-hybridized carbons (Fsp3) is 0.538. The van der Waals surface area contributed by atoms with Gasteiger partial charge in [-0.05, 0) is 30.9 Å². The fourth-order valence-corrected chi connectivity index (χ4v) is 2.70. The Kier molecular flexibility index (Phi) is 3.39. The molecule has 0 bridgehead atoms. The average Bonchev–Trinajstić information content (AvgIpc) is 2.68. The zero-order chi connectivity index (χ0) is 10.7. The average molecular weight is 205 g/mol. The summed E-state index contributed by atoms with van der Waals surface area (Å²) in [4.78, 5) is 0. The van der Waals surface area contributed by atoms with Gasteiger partial charge in [-0.25, -0.2) is 0 Å². The highest BCUT2D eigenvalue weighted by Gasteiger charge is 2.32. The van der Waals surface area contributed by atoms with Gasteiger partial charge in [0.2, 0.25) is 0 Å². The third-order valence-corrected chi connectivity index (χ3v) is 3.53. The van der Waals surface area contributed by atoms with Gasteiger partial charge in [0.25, 0.3) is 0 Å². The zero-order valence-electron chi connectivity index (χ0n) is 8.97. The molecule has 3 N–H and O–H groups in total. The lowest BCUT2D eigenvalue weighted by atomic mass is 9.84.